The number of hydrogen-bond donors (Lipinski definition) is 1. The van der Waals surface area contributed by atoms with Crippen molar-refractivity contribution in [3.63, 3.8) is 0 Å². The number of alkyl halides is 1. The number of allylic oxidation sites excluding steroid dienone is 1. The van der Waals surface area contributed by atoms with Crippen molar-refractivity contribution in [3.05, 3.63) is 12.3 Å². The largest absolute Gasteiger partial charge is 0.326 e. The van der Waals surface area contributed by atoms with Gasteiger partial charge in [-0.3, -0.25) is 10.3 Å². The summed E-state index contributed by atoms with van der Waals surface area (Å²) >= 11 is 0. The summed E-state index contributed by atoms with van der Waals surface area (Å²) in [7, 11) is 3.06. The van der Waals surface area contributed by atoms with Crippen LogP contribution in [-0.2, 0) is 0 Å². The van der Waals surface area contributed by atoms with E-state index in [0.29, 0.717) is 0 Å². The highest BCUT2D eigenvalue weighted by Gasteiger charge is 2.00. The number of amides is 2. The smallest absolute Gasteiger partial charge is 0.304 e. The lowest BCUT2D eigenvalue weighted by molar-refractivity contribution is 0.227. The Balaban J connectivity index is 3.84. The fourth-order valence-electron chi connectivity index (χ4n) is 0.487. The third kappa shape index (κ3) is 4.43. The van der Waals surface area contributed by atoms with Gasteiger partial charge in [0.1, 0.15) is 6.67 Å². The van der Waals surface area contributed by atoms with Crippen LogP contribution in [0.25, 0.3) is 0 Å². The first-order chi connectivity index (χ1) is 5.72. The molecule has 0 aromatic heterocycles. The Morgan fingerprint density at radius 3 is 2.92 bits per heavy atom. The fourth-order valence-corrected chi connectivity index (χ4v) is 0.487. The summed E-state index contributed by atoms with van der Waals surface area (Å²) in [5.74, 6) is 0. The summed E-state index contributed by atoms with van der Waals surface area (Å²) in [6.45, 7) is -0.584. The van der Waals surface area contributed by atoms with E-state index in [2.05, 4.69) is 10.3 Å². The number of nitrogens with one attached hydrogen (secondary N) is 1. The van der Waals surface area contributed by atoms with Crippen molar-refractivity contribution in [2.75, 3.05) is 20.8 Å². The molecule has 12 heavy (non-hydrogen) atoms. The van der Waals surface area contributed by atoms with Gasteiger partial charge in [0, 0.05) is 20.3 Å². The van der Waals surface area contributed by atoms with Gasteiger partial charge in [0.2, 0.25) is 0 Å². The molecule has 0 aliphatic heterocycles. The summed E-state index contributed by atoms with van der Waals surface area (Å²) in [5.41, 5.74) is 0. The van der Waals surface area contributed by atoms with E-state index in [9.17, 15) is 9.18 Å². The zero-order valence-electron chi connectivity index (χ0n) is 7.12. The van der Waals surface area contributed by atoms with E-state index < -0.39 is 6.67 Å². The SMILES string of the molecule is CN=CNC(=O)N(C)/C=C/CF. The van der Waals surface area contributed by atoms with E-state index in [1.54, 1.807) is 0 Å². The van der Waals surface area contributed by atoms with Gasteiger partial charge in [-0.25, -0.2) is 9.18 Å². The van der Waals surface area contributed by atoms with E-state index in [0.717, 1.165) is 0 Å². The molecule has 0 fully saturated rings. The minimum absolute atomic E-state index is 0.356. The summed E-state index contributed by atoms with van der Waals surface area (Å²) in [6.07, 6.45) is 3.85. The Morgan fingerprint density at radius 1 is 1.75 bits per heavy atom. The van der Waals surface area contributed by atoms with Gasteiger partial charge in [-0.05, 0) is 6.08 Å². The molecule has 0 rings (SSSR count). The second-order valence-corrected chi connectivity index (χ2v) is 1.99. The van der Waals surface area contributed by atoms with Gasteiger partial charge in [0.15, 0.2) is 0 Å². The van der Waals surface area contributed by atoms with E-state index in [-0.39, 0.29) is 6.03 Å². The zero-order valence-corrected chi connectivity index (χ0v) is 7.12. The fraction of sp³-hybridized carbons (Fsp3) is 0.429. The molecular formula is C7H12FN3O. The van der Waals surface area contributed by atoms with Crippen LogP contribution in [0.15, 0.2) is 17.3 Å². The van der Waals surface area contributed by atoms with E-state index in [1.807, 2.05) is 0 Å². The van der Waals surface area contributed by atoms with Crippen LogP contribution in [0.5, 0.6) is 0 Å². The molecule has 0 atom stereocenters. The Hall–Kier alpha value is -1.39. The normalized spacial score (nSPS) is 10.9. The van der Waals surface area contributed by atoms with Crippen LogP contribution in [0, 0.1) is 0 Å². The molecule has 0 radical (unpaired) electrons. The van der Waals surface area contributed by atoms with Gasteiger partial charge >= 0.3 is 6.03 Å². The number of carbonyl (C=O) groups excluding carboxylic acids is 1. The van der Waals surface area contributed by atoms with Crippen molar-refractivity contribution in [2.45, 2.75) is 0 Å². The summed E-state index contributed by atoms with van der Waals surface area (Å²) in [4.78, 5) is 15.7. The standard InChI is InChI=1S/C7H12FN3O/c1-9-6-10-7(12)11(2)5-3-4-8/h3,5-6H,4H2,1-2H3,(H,9,10,12)/b5-3+. The highest BCUT2D eigenvalue weighted by Crippen LogP contribution is 1.85. The second kappa shape index (κ2) is 6.33. The minimum atomic E-state index is -0.584. The second-order valence-electron chi connectivity index (χ2n) is 1.99. The van der Waals surface area contributed by atoms with Crippen LogP contribution in [0.1, 0.15) is 0 Å². The van der Waals surface area contributed by atoms with Gasteiger partial charge in [-0.2, -0.15) is 0 Å². The average molecular weight is 173 g/mol. The highest BCUT2D eigenvalue weighted by molar-refractivity contribution is 5.86. The zero-order chi connectivity index (χ0) is 9.40. The van der Waals surface area contributed by atoms with E-state index in [1.165, 1.54) is 37.6 Å². The van der Waals surface area contributed by atoms with Gasteiger partial charge in [-0.1, -0.05) is 0 Å². The van der Waals surface area contributed by atoms with Crippen LogP contribution in [0.3, 0.4) is 0 Å². The molecule has 0 unspecified atom stereocenters. The molecular weight excluding hydrogens is 161 g/mol. The maximum Gasteiger partial charge on any atom is 0.326 e. The number of aliphatic imine (C=N–C) groups is 1. The number of carbonyl (C=O) groups is 1. The van der Waals surface area contributed by atoms with Crippen molar-refractivity contribution in [3.8, 4) is 0 Å². The van der Waals surface area contributed by atoms with Gasteiger partial charge in [0.25, 0.3) is 0 Å². The van der Waals surface area contributed by atoms with Crippen molar-refractivity contribution in [1.82, 2.24) is 10.2 Å². The van der Waals surface area contributed by atoms with Crippen LogP contribution in [0.2, 0.25) is 0 Å². The average Bonchev–Trinajstić information content (AvgIpc) is 2.10. The molecule has 0 aromatic carbocycles. The summed E-state index contributed by atoms with van der Waals surface area (Å²) in [6, 6.07) is -0.356. The third-order valence-corrected chi connectivity index (χ3v) is 1.06. The van der Waals surface area contributed by atoms with E-state index >= 15 is 0 Å². The first-order valence-electron chi connectivity index (χ1n) is 3.39. The number of nitrogens with zero attached hydrogens (tertiary/aromatic N) is 2. The molecule has 0 aromatic rings. The minimum Gasteiger partial charge on any atom is -0.304 e. The van der Waals surface area contributed by atoms with Crippen molar-refractivity contribution >= 4 is 12.4 Å². The van der Waals surface area contributed by atoms with Gasteiger partial charge < -0.3 is 4.90 Å². The molecule has 68 valence electrons. The lowest BCUT2D eigenvalue weighted by Crippen LogP contribution is -2.32. The lowest BCUT2D eigenvalue weighted by atomic mass is 10.6. The molecule has 0 aliphatic rings. The Kier molecular flexibility index (Phi) is 5.60. The first kappa shape index (κ1) is 10.6. The summed E-state index contributed by atoms with van der Waals surface area (Å²) in [5, 5.41) is 2.36. The van der Waals surface area contributed by atoms with Crippen molar-refractivity contribution in [1.29, 1.82) is 0 Å². The van der Waals surface area contributed by atoms with Crippen LogP contribution in [0.4, 0.5) is 9.18 Å². The molecule has 0 spiro atoms. The Labute approximate surface area is 70.8 Å². The van der Waals surface area contributed by atoms with Gasteiger partial charge in [0.05, 0.1) is 6.34 Å². The number of rotatable bonds is 3. The maximum absolute atomic E-state index is 11.6. The molecule has 0 saturated heterocycles. The number of hydrogen-bond acceptors (Lipinski definition) is 2. The van der Waals surface area contributed by atoms with Gasteiger partial charge in [-0.15, -0.1) is 0 Å². The Bertz CT molecular complexity index is 191. The van der Waals surface area contributed by atoms with E-state index in [4.69, 9.17) is 0 Å². The molecule has 0 heterocycles. The topological polar surface area (TPSA) is 44.7 Å². The number of halogens is 1. The summed E-state index contributed by atoms with van der Waals surface area (Å²) < 4.78 is 11.6. The van der Waals surface area contributed by atoms with Crippen molar-refractivity contribution < 1.29 is 9.18 Å². The monoisotopic (exact) mass is 173 g/mol. The maximum atomic E-state index is 11.6. The molecule has 0 aliphatic carbocycles. The van der Waals surface area contributed by atoms with Crippen LogP contribution < -0.4 is 5.32 Å². The van der Waals surface area contributed by atoms with Crippen LogP contribution >= 0.6 is 0 Å². The molecule has 1 N–H and O–H groups in total. The number of urea groups is 1. The predicted molar refractivity (Wildman–Crippen MR) is 45.8 cm³/mol. The Morgan fingerprint density at radius 2 is 2.42 bits per heavy atom. The predicted octanol–water partition coefficient (Wildman–Crippen LogP) is 0.769. The lowest BCUT2D eigenvalue weighted by Gasteiger charge is -2.09. The third-order valence-electron chi connectivity index (χ3n) is 1.06. The quantitative estimate of drug-likeness (QED) is 0.497. The molecule has 0 bridgehead atoms. The molecule has 5 heteroatoms. The van der Waals surface area contributed by atoms with Crippen LogP contribution in [-0.4, -0.2) is 38.0 Å². The molecule has 4 nitrogen and oxygen atoms in total. The highest BCUT2D eigenvalue weighted by atomic mass is 19.1. The molecule has 0 saturated carbocycles. The van der Waals surface area contributed by atoms with Crippen molar-refractivity contribution in [2.24, 2.45) is 4.99 Å². The first-order valence-corrected chi connectivity index (χ1v) is 3.39. The molecule has 2 amide bonds.